The van der Waals surface area contributed by atoms with Gasteiger partial charge in [0.05, 0.1) is 14.2 Å². The fourth-order valence-electron chi connectivity index (χ4n) is 4.05. The molecule has 7 nitrogen and oxygen atoms in total. The number of carbonyl (C=O) groups excluding carboxylic acids is 2. The van der Waals surface area contributed by atoms with Crippen molar-refractivity contribution >= 4 is 11.8 Å². The smallest absolute Gasteiger partial charge is 0.221 e. The van der Waals surface area contributed by atoms with Crippen LogP contribution in [0.25, 0.3) is 0 Å². The molecule has 0 spiro atoms. The van der Waals surface area contributed by atoms with E-state index in [0.717, 1.165) is 42.6 Å². The maximum atomic E-state index is 12.3. The van der Waals surface area contributed by atoms with Crippen LogP contribution in [-0.2, 0) is 22.4 Å². The lowest BCUT2D eigenvalue weighted by Gasteiger charge is -2.16. The number of fused-ring (bicyclic) bond motifs is 4. The summed E-state index contributed by atoms with van der Waals surface area (Å²) in [6.45, 7) is 1.23. The van der Waals surface area contributed by atoms with Gasteiger partial charge in [0, 0.05) is 38.0 Å². The third-order valence-corrected chi connectivity index (χ3v) is 5.51. The van der Waals surface area contributed by atoms with Gasteiger partial charge in [-0.15, -0.1) is 0 Å². The van der Waals surface area contributed by atoms with Crippen molar-refractivity contribution in [1.29, 1.82) is 0 Å². The molecule has 3 rings (SSSR count). The molecule has 28 heavy (non-hydrogen) atoms. The maximum Gasteiger partial charge on any atom is 0.221 e. The van der Waals surface area contributed by atoms with Crippen LogP contribution in [0, 0.1) is 0 Å². The molecule has 2 atom stereocenters. The average molecular weight is 389 g/mol. The molecule has 0 unspecified atom stereocenters. The van der Waals surface area contributed by atoms with Crippen molar-refractivity contribution in [3.8, 4) is 11.5 Å². The van der Waals surface area contributed by atoms with Gasteiger partial charge in [0.15, 0.2) is 11.5 Å². The Bertz CT molecular complexity index is 707. The van der Waals surface area contributed by atoms with E-state index in [2.05, 4.69) is 22.0 Å². The molecule has 0 aromatic heterocycles. The quantitative estimate of drug-likeness (QED) is 0.710. The first-order chi connectivity index (χ1) is 13.6. The SMILES string of the molecule is COc1cc2cc(c1OC)CCCNC(=O)C[C@@H]1CC[C@H](CNC(=O)CC2)N1. The molecule has 0 saturated carbocycles. The number of nitrogens with one attached hydrogen (secondary N) is 3. The minimum absolute atomic E-state index is 0.0450. The van der Waals surface area contributed by atoms with Gasteiger partial charge in [-0.05, 0) is 49.3 Å². The third-order valence-electron chi connectivity index (χ3n) is 5.51. The Hall–Kier alpha value is -2.28. The lowest BCUT2D eigenvalue weighted by atomic mass is 10.0. The second-order valence-corrected chi connectivity index (χ2v) is 7.59. The van der Waals surface area contributed by atoms with Gasteiger partial charge in [-0.1, -0.05) is 6.07 Å². The fraction of sp³-hybridized carbons (Fsp3) is 0.619. The normalized spacial score (nSPS) is 24.1. The van der Waals surface area contributed by atoms with Crippen molar-refractivity contribution in [1.82, 2.24) is 16.0 Å². The molecule has 2 aliphatic rings. The monoisotopic (exact) mass is 389 g/mol. The summed E-state index contributed by atoms with van der Waals surface area (Å²) < 4.78 is 11.0. The van der Waals surface area contributed by atoms with E-state index in [9.17, 15) is 9.59 Å². The highest BCUT2D eigenvalue weighted by Gasteiger charge is 2.25. The molecule has 1 aromatic rings. The van der Waals surface area contributed by atoms with Gasteiger partial charge in [0.2, 0.25) is 11.8 Å². The molecule has 1 fully saturated rings. The lowest BCUT2D eigenvalue weighted by molar-refractivity contribution is -0.122. The molecule has 7 heteroatoms. The summed E-state index contributed by atoms with van der Waals surface area (Å²) in [5.41, 5.74) is 2.09. The van der Waals surface area contributed by atoms with Crippen molar-refractivity contribution in [2.24, 2.45) is 0 Å². The predicted molar refractivity (Wildman–Crippen MR) is 107 cm³/mol. The van der Waals surface area contributed by atoms with E-state index in [4.69, 9.17) is 9.47 Å². The predicted octanol–water partition coefficient (Wildman–Crippen LogP) is 1.33. The number of rotatable bonds is 2. The molecule has 1 aromatic carbocycles. The summed E-state index contributed by atoms with van der Waals surface area (Å²) in [7, 11) is 3.25. The first-order valence-electron chi connectivity index (χ1n) is 10.1. The van der Waals surface area contributed by atoms with Gasteiger partial charge in [0.1, 0.15) is 0 Å². The molecule has 1 saturated heterocycles. The Labute approximate surface area is 166 Å². The first kappa shape index (κ1) is 20.5. The second kappa shape index (κ2) is 9.78. The van der Waals surface area contributed by atoms with Crippen LogP contribution < -0.4 is 25.4 Å². The first-order valence-corrected chi connectivity index (χ1v) is 10.1. The van der Waals surface area contributed by atoms with Gasteiger partial charge in [-0.3, -0.25) is 9.59 Å². The van der Waals surface area contributed by atoms with Gasteiger partial charge in [0.25, 0.3) is 0 Å². The number of methoxy groups -OCH3 is 2. The molecule has 0 aliphatic carbocycles. The van der Waals surface area contributed by atoms with Crippen LogP contribution in [0.3, 0.4) is 0 Å². The van der Waals surface area contributed by atoms with Crippen LogP contribution in [0.1, 0.15) is 43.2 Å². The zero-order chi connectivity index (χ0) is 19.9. The van der Waals surface area contributed by atoms with Crippen molar-refractivity contribution in [2.75, 3.05) is 27.3 Å². The fourth-order valence-corrected chi connectivity index (χ4v) is 4.05. The van der Waals surface area contributed by atoms with E-state index in [0.29, 0.717) is 38.1 Å². The Balaban J connectivity index is 1.75. The topological polar surface area (TPSA) is 88.7 Å². The van der Waals surface area contributed by atoms with Gasteiger partial charge in [-0.2, -0.15) is 0 Å². The molecule has 154 valence electrons. The van der Waals surface area contributed by atoms with Crippen LogP contribution in [0.5, 0.6) is 11.5 Å². The standard InChI is InChI=1S/C21H31N3O4/c1-27-18-11-14-5-8-19(25)23-13-17-7-6-16(24-17)12-20(26)22-9-3-4-15(10-14)21(18)28-2/h10-11,16-17,24H,3-9,12-13H2,1-2H3,(H,22,26)(H,23,25)/t16-,17+/m0/s1. The van der Waals surface area contributed by atoms with Crippen LogP contribution in [0.15, 0.2) is 12.1 Å². The van der Waals surface area contributed by atoms with Crippen LogP contribution >= 0.6 is 0 Å². The number of amides is 2. The number of carbonyl (C=O) groups is 2. The van der Waals surface area contributed by atoms with Crippen molar-refractivity contribution in [3.63, 3.8) is 0 Å². The van der Waals surface area contributed by atoms with Crippen LogP contribution in [0.2, 0.25) is 0 Å². The summed E-state index contributed by atoms with van der Waals surface area (Å²) in [4.78, 5) is 24.5. The van der Waals surface area contributed by atoms with E-state index >= 15 is 0 Å². The van der Waals surface area contributed by atoms with Crippen molar-refractivity contribution < 1.29 is 19.1 Å². The third kappa shape index (κ3) is 5.38. The van der Waals surface area contributed by atoms with Gasteiger partial charge >= 0.3 is 0 Å². The Kier molecular flexibility index (Phi) is 7.14. The number of hydrogen-bond donors (Lipinski definition) is 3. The molecule has 2 amide bonds. The molecule has 2 aliphatic heterocycles. The zero-order valence-corrected chi connectivity index (χ0v) is 16.8. The average Bonchev–Trinajstić information content (AvgIpc) is 3.14. The zero-order valence-electron chi connectivity index (χ0n) is 16.8. The highest BCUT2D eigenvalue weighted by atomic mass is 16.5. The lowest BCUT2D eigenvalue weighted by Crippen LogP contribution is -2.41. The highest BCUT2D eigenvalue weighted by Crippen LogP contribution is 2.33. The summed E-state index contributed by atoms with van der Waals surface area (Å²) in [5.74, 6) is 1.52. The number of aryl methyl sites for hydroxylation is 2. The minimum atomic E-state index is 0.0450. The molecule has 3 N–H and O–H groups in total. The van der Waals surface area contributed by atoms with Crippen molar-refractivity contribution in [3.05, 3.63) is 23.3 Å². The Morgan fingerprint density at radius 2 is 1.75 bits per heavy atom. The largest absolute Gasteiger partial charge is 0.493 e. The number of hydrogen-bond acceptors (Lipinski definition) is 5. The summed E-state index contributed by atoms with van der Waals surface area (Å²) in [5, 5.41) is 9.50. The second-order valence-electron chi connectivity index (χ2n) is 7.59. The molecule has 4 bridgehead atoms. The molecule has 2 heterocycles. The van der Waals surface area contributed by atoms with Crippen LogP contribution in [0.4, 0.5) is 0 Å². The Morgan fingerprint density at radius 3 is 2.54 bits per heavy atom. The molecule has 0 radical (unpaired) electrons. The van der Waals surface area contributed by atoms with E-state index in [1.54, 1.807) is 14.2 Å². The summed E-state index contributed by atoms with van der Waals surface area (Å²) in [6.07, 6.45) is 5.10. The number of ether oxygens (including phenoxy) is 2. The summed E-state index contributed by atoms with van der Waals surface area (Å²) in [6, 6.07) is 4.45. The number of benzene rings is 1. The molecular formula is C21H31N3O4. The Morgan fingerprint density at radius 1 is 0.929 bits per heavy atom. The maximum absolute atomic E-state index is 12.3. The van der Waals surface area contributed by atoms with E-state index in [1.165, 1.54) is 0 Å². The molecular weight excluding hydrogens is 358 g/mol. The van der Waals surface area contributed by atoms with E-state index in [1.807, 2.05) is 6.07 Å². The van der Waals surface area contributed by atoms with E-state index < -0.39 is 0 Å². The summed E-state index contributed by atoms with van der Waals surface area (Å²) >= 11 is 0. The van der Waals surface area contributed by atoms with Gasteiger partial charge < -0.3 is 25.4 Å². The van der Waals surface area contributed by atoms with Crippen molar-refractivity contribution in [2.45, 2.75) is 57.0 Å². The van der Waals surface area contributed by atoms with Crippen LogP contribution in [-0.4, -0.2) is 51.2 Å². The van der Waals surface area contributed by atoms with Gasteiger partial charge in [-0.25, -0.2) is 0 Å². The minimum Gasteiger partial charge on any atom is -0.493 e. The highest BCUT2D eigenvalue weighted by molar-refractivity contribution is 5.77. The van der Waals surface area contributed by atoms with E-state index in [-0.39, 0.29) is 23.9 Å².